The summed E-state index contributed by atoms with van der Waals surface area (Å²) in [5.74, 6) is -2.05. The SMILES string of the molecule is COC(=O)/C(=C\c1ccccc1C)Oc1cccc(C(=O)OC)c1O. The summed E-state index contributed by atoms with van der Waals surface area (Å²) in [7, 11) is 2.43. The summed E-state index contributed by atoms with van der Waals surface area (Å²) in [6, 6.07) is 11.7. The van der Waals surface area contributed by atoms with Gasteiger partial charge in [0.15, 0.2) is 11.5 Å². The van der Waals surface area contributed by atoms with Crippen molar-refractivity contribution in [2.75, 3.05) is 14.2 Å². The number of carbonyl (C=O) groups is 2. The standard InChI is InChI=1S/C19H18O6/c1-12-7-4-5-8-13(12)11-16(19(22)24-3)25-15-10-6-9-14(17(15)20)18(21)23-2/h4-11,20H,1-3H3/b16-11+. The molecule has 130 valence electrons. The Balaban J connectivity index is 2.44. The molecule has 0 aliphatic heterocycles. The Bertz CT molecular complexity index is 822. The molecule has 0 unspecified atom stereocenters. The second kappa shape index (κ2) is 8.01. The Morgan fingerprint density at radius 1 is 1.00 bits per heavy atom. The van der Waals surface area contributed by atoms with Gasteiger partial charge in [-0.3, -0.25) is 0 Å². The zero-order chi connectivity index (χ0) is 18.4. The molecule has 0 spiro atoms. The van der Waals surface area contributed by atoms with E-state index in [1.54, 1.807) is 0 Å². The lowest BCUT2D eigenvalue weighted by Gasteiger charge is -2.12. The zero-order valence-electron chi connectivity index (χ0n) is 14.1. The van der Waals surface area contributed by atoms with Gasteiger partial charge in [0.1, 0.15) is 5.56 Å². The van der Waals surface area contributed by atoms with Crippen LogP contribution in [0.4, 0.5) is 0 Å². The van der Waals surface area contributed by atoms with Crippen LogP contribution in [-0.2, 0) is 14.3 Å². The van der Waals surface area contributed by atoms with Crippen molar-refractivity contribution in [2.45, 2.75) is 6.92 Å². The van der Waals surface area contributed by atoms with Gasteiger partial charge in [0.05, 0.1) is 14.2 Å². The van der Waals surface area contributed by atoms with E-state index in [0.717, 1.165) is 11.1 Å². The van der Waals surface area contributed by atoms with Gasteiger partial charge in [-0.15, -0.1) is 0 Å². The number of methoxy groups -OCH3 is 2. The van der Waals surface area contributed by atoms with Crippen LogP contribution in [0.3, 0.4) is 0 Å². The highest BCUT2D eigenvalue weighted by molar-refractivity contribution is 5.94. The molecule has 6 nitrogen and oxygen atoms in total. The highest BCUT2D eigenvalue weighted by Gasteiger charge is 2.19. The molecule has 0 aliphatic rings. The molecule has 0 aliphatic carbocycles. The predicted molar refractivity (Wildman–Crippen MR) is 91.2 cm³/mol. The summed E-state index contributed by atoms with van der Waals surface area (Å²) < 4.78 is 14.8. The van der Waals surface area contributed by atoms with Crippen molar-refractivity contribution in [3.05, 3.63) is 64.9 Å². The number of carbonyl (C=O) groups excluding carboxylic acids is 2. The number of benzene rings is 2. The Morgan fingerprint density at radius 3 is 2.36 bits per heavy atom. The number of rotatable bonds is 5. The van der Waals surface area contributed by atoms with Gasteiger partial charge in [-0.2, -0.15) is 0 Å². The highest BCUT2D eigenvalue weighted by atomic mass is 16.6. The van der Waals surface area contributed by atoms with Crippen LogP contribution < -0.4 is 4.74 Å². The predicted octanol–water partition coefficient (Wildman–Crippen LogP) is 3.08. The summed E-state index contributed by atoms with van der Waals surface area (Å²) in [4.78, 5) is 23.7. The second-order valence-electron chi connectivity index (χ2n) is 5.10. The number of phenols is 1. The van der Waals surface area contributed by atoms with Crippen LogP contribution in [-0.4, -0.2) is 31.3 Å². The third-order valence-electron chi connectivity index (χ3n) is 3.49. The van der Waals surface area contributed by atoms with Crippen LogP contribution in [0.15, 0.2) is 48.2 Å². The number of para-hydroxylation sites is 1. The van der Waals surface area contributed by atoms with E-state index in [4.69, 9.17) is 9.47 Å². The maximum absolute atomic E-state index is 12.0. The van der Waals surface area contributed by atoms with Crippen LogP contribution >= 0.6 is 0 Å². The van der Waals surface area contributed by atoms with Crippen molar-refractivity contribution in [3.8, 4) is 11.5 Å². The first-order valence-corrected chi connectivity index (χ1v) is 7.41. The van der Waals surface area contributed by atoms with Crippen molar-refractivity contribution < 1.29 is 28.9 Å². The molecule has 2 aromatic carbocycles. The summed E-state index contributed by atoms with van der Waals surface area (Å²) in [6.45, 7) is 1.89. The fourth-order valence-corrected chi connectivity index (χ4v) is 2.12. The molecule has 2 aromatic rings. The van der Waals surface area contributed by atoms with Crippen molar-refractivity contribution in [1.82, 2.24) is 0 Å². The summed E-state index contributed by atoms with van der Waals surface area (Å²) in [5.41, 5.74) is 1.62. The van der Waals surface area contributed by atoms with Gasteiger partial charge >= 0.3 is 11.9 Å². The van der Waals surface area contributed by atoms with E-state index in [9.17, 15) is 14.7 Å². The molecule has 0 saturated carbocycles. The summed E-state index contributed by atoms with van der Waals surface area (Å²) >= 11 is 0. The van der Waals surface area contributed by atoms with Crippen LogP contribution in [0.1, 0.15) is 21.5 Å². The number of phenolic OH excluding ortho intramolecular Hbond substituents is 1. The number of esters is 2. The van der Waals surface area contributed by atoms with Gasteiger partial charge in [-0.25, -0.2) is 9.59 Å². The average Bonchev–Trinajstić information content (AvgIpc) is 2.63. The molecular formula is C19H18O6. The van der Waals surface area contributed by atoms with E-state index in [1.807, 2.05) is 31.2 Å². The lowest BCUT2D eigenvalue weighted by molar-refractivity contribution is -0.138. The largest absolute Gasteiger partial charge is 0.504 e. The van der Waals surface area contributed by atoms with Crippen molar-refractivity contribution in [2.24, 2.45) is 0 Å². The Kier molecular flexibility index (Phi) is 5.79. The highest BCUT2D eigenvalue weighted by Crippen LogP contribution is 2.32. The van der Waals surface area contributed by atoms with Crippen molar-refractivity contribution in [1.29, 1.82) is 0 Å². The molecule has 6 heteroatoms. The third-order valence-corrected chi connectivity index (χ3v) is 3.49. The molecule has 1 N–H and O–H groups in total. The normalized spacial score (nSPS) is 10.9. The van der Waals surface area contributed by atoms with E-state index in [2.05, 4.69) is 4.74 Å². The number of aromatic hydroxyl groups is 1. The maximum Gasteiger partial charge on any atom is 0.373 e. The second-order valence-corrected chi connectivity index (χ2v) is 5.10. The Morgan fingerprint density at radius 2 is 1.72 bits per heavy atom. The molecule has 2 rings (SSSR count). The molecule has 25 heavy (non-hydrogen) atoms. The monoisotopic (exact) mass is 342 g/mol. The molecule has 0 saturated heterocycles. The van der Waals surface area contributed by atoms with Gasteiger partial charge in [-0.05, 0) is 36.3 Å². The minimum Gasteiger partial charge on any atom is -0.504 e. The molecule has 0 radical (unpaired) electrons. The van der Waals surface area contributed by atoms with Crippen LogP contribution in [0.5, 0.6) is 11.5 Å². The molecule has 0 bridgehead atoms. The first-order valence-electron chi connectivity index (χ1n) is 7.41. The van der Waals surface area contributed by atoms with Crippen LogP contribution in [0.2, 0.25) is 0 Å². The topological polar surface area (TPSA) is 82.1 Å². The average molecular weight is 342 g/mol. The van der Waals surface area contributed by atoms with Crippen LogP contribution in [0, 0.1) is 6.92 Å². The van der Waals surface area contributed by atoms with Crippen molar-refractivity contribution >= 4 is 18.0 Å². The van der Waals surface area contributed by atoms with E-state index in [1.165, 1.54) is 38.5 Å². The smallest absolute Gasteiger partial charge is 0.373 e. The number of ether oxygens (including phenoxy) is 3. The first kappa shape index (κ1) is 18.1. The molecular weight excluding hydrogens is 324 g/mol. The van der Waals surface area contributed by atoms with E-state index in [0.29, 0.717) is 0 Å². The van der Waals surface area contributed by atoms with Crippen LogP contribution in [0.25, 0.3) is 6.08 Å². The van der Waals surface area contributed by atoms with E-state index < -0.39 is 17.7 Å². The third kappa shape index (κ3) is 4.17. The lowest BCUT2D eigenvalue weighted by atomic mass is 10.1. The summed E-state index contributed by atoms with van der Waals surface area (Å²) in [6.07, 6.45) is 1.51. The minimum absolute atomic E-state index is 0.0619. The number of hydrogen-bond acceptors (Lipinski definition) is 6. The molecule has 0 aromatic heterocycles. The van der Waals surface area contributed by atoms with Gasteiger partial charge < -0.3 is 19.3 Å². The zero-order valence-corrected chi connectivity index (χ0v) is 14.1. The molecule has 0 heterocycles. The first-order chi connectivity index (χ1) is 12.0. The summed E-state index contributed by atoms with van der Waals surface area (Å²) in [5, 5.41) is 10.2. The van der Waals surface area contributed by atoms with E-state index in [-0.39, 0.29) is 17.1 Å². The minimum atomic E-state index is -0.717. The Labute approximate surface area is 145 Å². The van der Waals surface area contributed by atoms with E-state index >= 15 is 0 Å². The van der Waals surface area contributed by atoms with Crippen molar-refractivity contribution in [3.63, 3.8) is 0 Å². The maximum atomic E-state index is 12.0. The Hall–Kier alpha value is -3.28. The number of aryl methyl sites for hydroxylation is 1. The van der Waals surface area contributed by atoms with Gasteiger partial charge in [0.25, 0.3) is 0 Å². The van der Waals surface area contributed by atoms with Gasteiger partial charge in [0, 0.05) is 0 Å². The van der Waals surface area contributed by atoms with Gasteiger partial charge in [-0.1, -0.05) is 30.3 Å². The fourth-order valence-electron chi connectivity index (χ4n) is 2.12. The quantitative estimate of drug-likeness (QED) is 0.511. The molecule has 0 atom stereocenters. The fraction of sp³-hybridized carbons (Fsp3) is 0.158. The number of hydrogen-bond donors (Lipinski definition) is 1. The van der Waals surface area contributed by atoms with Gasteiger partial charge in [0.2, 0.25) is 5.76 Å². The lowest BCUT2D eigenvalue weighted by Crippen LogP contribution is -2.11. The molecule has 0 fully saturated rings. The molecule has 0 amide bonds.